The summed E-state index contributed by atoms with van der Waals surface area (Å²) in [5, 5.41) is 4.63. The van der Waals surface area contributed by atoms with Crippen LogP contribution >= 0.6 is 23.4 Å². The van der Waals surface area contributed by atoms with Crippen molar-refractivity contribution >= 4 is 35.5 Å². The van der Waals surface area contributed by atoms with Crippen LogP contribution in [0.1, 0.15) is 5.56 Å². The summed E-state index contributed by atoms with van der Waals surface area (Å²) < 4.78 is 15.9. The number of benzene rings is 2. The van der Waals surface area contributed by atoms with Crippen molar-refractivity contribution in [2.75, 3.05) is 27.1 Å². The molecule has 0 atom stereocenters. The van der Waals surface area contributed by atoms with Gasteiger partial charge in [-0.3, -0.25) is 4.79 Å². The van der Waals surface area contributed by atoms with Gasteiger partial charge in [-0.15, -0.1) is 11.8 Å². The van der Waals surface area contributed by atoms with Gasteiger partial charge in [0, 0.05) is 15.5 Å². The maximum absolute atomic E-state index is 11.9. The van der Waals surface area contributed by atoms with E-state index in [0.717, 1.165) is 4.90 Å². The summed E-state index contributed by atoms with van der Waals surface area (Å²) in [6.45, 7) is 0. The number of halogens is 1. The highest BCUT2D eigenvalue weighted by Crippen LogP contribution is 2.38. The number of rotatable bonds is 8. The number of ether oxygens (including phenoxy) is 3. The van der Waals surface area contributed by atoms with E-state index >= 15 is 0 Å². The lowest BCUT2D eigenvalue weighted by Gasteiger charge is -2.13. The average Bonchev–Trinajstić information content (AvgIpc) is 2.66. The number of carbonyl (C=O) groups is 1. The van der Waals surface area contributed by atoms with Crippen LogP contribution < -0.4 is 19.6 Å². The maximum atomic E-state index is 11.9. The Morgan fingerprint density at radius 2 is 1.77 bits per heavy atom. The van der Waals surface area contributed by atoms with Crippen LogP contribution in [0.2, 0.25) is 5.02 Å². The van der Waals surface area contributed by atoms with Gasteiger partial charge >= 0.3 is 0 Å². The quantitative estimate of drug-likeness (QED) is 0.421. The molecule has 0 fully saturated rings. The van der Waals surface area contributed by atoms with E-state index in [1.807, 2.05) is 12.1 Å². The molecule has 0 aliphatic rings. The Kier molecular flexibility index (Phi) is 7.62. The number of hydrogen-bond acceptors (Lipinski definition) is 6. The Hall–Kier alpha value is -2.38. The molecule has 0 spiro atoms. The lowest BCUT2D eigenvalue weighted by Crippen LogP contribution is -2.19. The van der Waals surface area contributed by atoms with E-state index in [-0.39, 0.29) is 11.7 Å². The summed E-state index contributed by atoms with van der Waals surface area (Å²) in [6, 6.07) is 10.8. The standard InChI is InChI=1S/C18H19ClN2O4S/c1-23-15-9-4-12(17(24-2)18(15)25-3)10-20-21-16(22)11-26-14-7-5-13(19)6-8-14/h4-10H,11H2,1-3H3,(H,21,22)/b20-10-. The van der Waals surface area contributed by atoms with Crippen LogP contribution in [0.5, 0.6) is 17.2 Å². The van der Waals surface area contributed by atoms with Gasteiger partial charge in [0.25, 0.3) is 0 Å². The molecule has 0 aliphatic carbocycles. The molecule has 6 nitrogen and oxygen atoms in total. The Labute approximate surface area is 161 Å². The SMILES string of the molecule is COc1ccc(/C=N\NC(=O)CSc2ccc(Cl)cc2)c(OC)c1OC. The van der Waals surface area contributed by atoms with Gasteiger partial charge in [0.1, 0.15) is 0 Å². The summed E-state index contributed by atoms with van der Waals surface area (Å²) in [4.78, 5) is 12.9. The number of carbonyl (C=O) groups excluding carboxylic acids is 1. The first-order valence-electron chi connectivity index (χ1n) is 7.58. The number of methoxy groups -OCH3 is 3. The molecule has 1 amide bonds. The van der Waals surface area contributed by atoms with Gasteiger partial charge < -0.3 is 14.2 Å². The molecular formula is C18H19ClN2O4S. The number of thioether (sulfide) groups is 1. The smallest absolute Gasteiger partial charge is 0.250 e. The first-order chi connectivity index (χ1) is 12.6. The third-order valence-electron chi connectivity index (χ3n) is 3.31. The highest BCUT2D eigenvalue weighted by molar-refractivity contribution is 8.00. The fourth-order valence-electron chi connectivity index (χ4n) is 2.11. The number of nitrogens with one attached hydrogen (secondary N) is 1. The van der Waals surface area contributed by atoms with Gasteiger partial charge in [-0.25, -0.2) is 5.43 Å². The molecule has 1 N–H and O–H groups in total. The molecule has 0 aliphatic heterocycles. The van der Waals surface area contributed by atoms with Crippen LogP contribution in [-0.2, 0) is 4.79 Å². The predicted molar refractivity (Wildman–Crippen MR) is 104 cm³/mol. The summed E-state index contributed by atoms with van der Waals surface area (Å²) in [6.07, 6.45) is 1.49. The lowest BCUT2D eigenvalue weighted by atomic mass is 10.2. The van der Waals surface area contributed by atoms with E-state index < -0.39 is 0 Å². The van der Waals surface area contributed by atoms with Crippen molar-refractivity contribution < 1.29 is 19.0 Å². The van der Waals surface area contributed by atoms with E-state index in [2.05, 4.69) is 10.5 Å². The van der Waals surface area contributed by atoms with Gasteiger partial charge in [-0.1, -0.05) is 11.6 Å². The zero-order valence-electron chi connectivity index (χ0n) is 14.6. The van der Waals surface area contributed by atoms with Crippen molar-refractivity contribution in [2.24, 2.45) is 5.10 Å². The number of amides is 1. The predicted octanol–water partition coefficient (Wildman–Crippen LogP) is 3.61. The van der Waals surface area contributed by atoms with Crippen molar-refractivity contribution in [1.82, 2.24) is 5.43 Å². The van der Waals surface area contributed by atoms with Crippen LogP contribution in [0.3, 0.4) is 0 Å². The van der Waals surface area contributed by atoms with Gasteiger partial charge in [0.15, 0.2) is 11.5 Å². The van der Waals surface area contributed by atoms with Crippen LogP contribution in [-0.4, -0.2) is 39.2 Å². The molecule has 2 rings (SSSR count). The van der Waals surface area contributed by atoms with Gasteiger partial charge in [-0.05, 0) is 36.4 Å². The summed E-state index contributed by atoms with van der Waals surface area (Å²) >= 11 is 7.23. The molecule has 138 valence electrons. The van der Waals surface area contributed by atoms with E-state index in [1.165, 1.54) is 32.2 Å². The molecule has 8 heteroatoms. The van der Waals surface area contributed by atoms with Crippen molar-refractivity contribution in [3.05, 3.63) is 47.0 Å². The minimum Gasteiger partial charge on any atom is -0.493 e. The molecule has 2 aromatic carbocycles. The summed E-state index contributed by atoms with van der Waals surface area (Å²) in [5.74, 6) is 1.50. The first-order valence-corrected chi connectivity index (χ1v) is 8.94. The Morgan fingerprint density at radius 1 is 1.08 bits per heavy atom. The zero-order valence-corrected chi connectivity index (χ0v) is 16.2. The minimum atomic E-state index is -0.222. The molecular weight excluding hydrogens is 376 g/mol. The molecule has 2 aromatic rings. The Bertz CT molecular complexity index is 782. The van der Waals surface area contributed by atoms with Crippen molar-refractivity contribution in [3.63, 3.8) is 0 Å². The van der Waals surface area contributed by atoms with Crippen LogP contribution in [0.25, 0.3) is 0 Å². The molecule has 26 heavy (non-hydrogen) atoms. The summed E-state index contributed by atoms with van der Waals surface area (Å²) in [5.41, 5.74) is 3.14. The van der Waals surface area contributed by atoms with Crippen molar-refractivity contribution in [2.45, 2.75) is 4.90 Å². The molecule has 0 radical (unpaired) electrons. The monoisotopic (exact) mass is 394 g/mol. The Balaban J connectivity index is 1.97. The number of nitrogens with zero attached hydrogens (tertiary/aromatic N) is 1. The average molecular weight is 395 g/mol. The second-order valence-corrected chi connectivity index (χ2v) is 6.44. The first kappa shape index (κ1) is 19.9. The maximum Gasteiger partial charge on any atom is 0.250 e. The number of hydrogen-bond donors (Lipinski definition) is 1. The normalized spacial score (nSPS) is 10.6. The van der Waals surface area contributed by atoms with E-state index in [0.29, 0.717) is 27.8 Å². The fourth-order valence-corrected chi connectivity index (χ4v) is 2.93. The molecule has 0 heterocycles. The molecule has 0 saturated heterocycles. The minimum absolute atomic E-state index is 0.222. The third-order valence-corrected chi connectivity index (χ3v) is 4.58. The topological polar surface area (TPSA) is 69.2 Å². The molecule has 0 saturated carbocycles. The third kappa shape index (κ3) is 5.31. The van der Waals surface area contributed by atoms with Crippen molar-refractivity contribution in [1.29, 1.82) is 0 Å². The highest BCUT2D eigenvalue weighted by Gasteiger charge is 2.14. The Morgan fingerprint density at radius 3 is 2.38 bits per heavy atom. The van der Waals surface area contributed by atoms with Crippen LogP contribution in [0.15, 0.2) is 46.4 Å². The largest absolute Gasteiger partial charge is 0.493 e. The van der Waals surface area contributed by atoms with E-state index in [4.69, 9.17) is 25.8 Å². The van der Waals surface area contributed by atoms with Gasteiger partial charge in [0.05, 0.1) is 33.3 Å². The van der Waals surface area contributed by atoms with Crippen LogP contribution in [0.4, 0.5) is 0 Å². The summed E-state index contributed by atoms with van der Waals surface area (Å²) in [7, 11) is 4.59. The zero-order chi connectivity index (χ0) is 18.9. The highest BCUT2D eigenvalue weighted by atomic mass is 35.5. The second-order valence-electron chi connectivity index (χ2n) is 4.96. The molecule has 0 bridgehead atoms. The molecule has 0 unspecified atom stereocenters. The van der Waals surface area contributed by atoms with Gasteiger partial charge in [0.2, 0.25) is 11.7 Å². The van der Waals surface area contributed by atoms with Crippen LogP contribution in [0, 0.1) is 0 Å². The number of hydrazone groups is 1. The molecule has 0 aromatic heterocycles. The van der Waals surface area contributed by atoms with Crippen molar-refractivity contribution in [3.8, 4) is 17.2 Å². The van der Waals surface area contributed by atoms with Gasteiger partial charge in [-0.2, -0.15) is 5.10 Å². The second kappa shape index (κ2) is 9.94. The van der Waals surface area contributed by atoms with E-state index in [1.54, 1.807) is 31.4 Å². The fraction of sp³-hybridized carbons (Fsp3) is 0.222. The lowest BCUT2D eigenvalue weighted by molar-refractivity contribution is -0.118. The van der Waals surface area contributed by atoms with E-state index in [9.17, 15) is 4.79 Å².